The summed E-state index contributed by atoms with van der Waals surface area (Å²) >= 11 is 0. The summed E-state index contributed by atoms with van der Waals surface area (Å²) in [4.78, 5) is 14.1. The molecule has 1 saturated heterocycles. The SMILES string of the molecule is O=C(Nc1ccc(C(F)(F)F)cc1C1CCCCC1)N1CCOCC1. The molecule has 1 aromatic carbocycles. The van der Waals surface area contributed by atoms with Gasteiger partial charge in [0.05, 0.1) is 18.8 Å². The summed E-state index contributed by atoms with van der Waals surface area (Å²) in [6, 6.07) is 3.37. The summed E-state index contributed by atoms with van der Waals surface area (Å²) in [5.41, 5.74) is 0.449. The molecule has 0 spiro atoms. The average Bonchev–Trinajstić information content (AvgIpc) is 2.62. The maximum Gasteiger partial charge on any atom is 0.416 e. The van der Waals surface area contributed by atoms with Crippen molar-refractivity contribution in [1.82, 2.24) is 4.90 Å². The molecular weight excluding hydrogens is 333 g/mol. The summed E-state index contributed by atoms with van der Waals surface area (Å²) in [5.74, 6) is 0.0658. The number of hydrogen-bond acceptors (Lipinski definition) is 2. The van der Waals surface area contributed by atoms with Crippen molar-refractivity contribution in [3.05, 3.63) is 29.3 Å². The Balaban J connectivity index is 1.84. The van der Waals surface area contributed by atoms with Crippen LogP contribution in [-0.4, -0.2) is 37.2 Å². The van der Waals surface area contributed by atoms with E-state index < -0.39 is 11.7 Å². The number of carbonyl (C=O) groups is 1. The van der Waals surface area contributed by atoms with Crippen LogP contribution in [0.15, 0.2) is 18.2 Å². The van der Waals surface area contributed by atoms with Crippen LogP contribution < -0.4 is 5.32 Å². The van der Waals surface area contributed by atoms with Crippen LogP contribution in [-0.2, 0) is 10.9 Å². The zero-order valence-electron chi connectivity index (χ0n) is 14.1. The van der Waals surface area contributed by atoms with Crippen molar-refractivity contribution in [3.8, 4) is 0 Å². The van der Waals surface area contributed by atoms with E-state index in [0.29, 0.717) is 37.6 Å². The molecular formula is C18H23F3N2O2. The molecule has 0 atom stereocenters. The van der Waals surface area contributed by atoms with E-state index in [1.165, 1.54) is 12.1 Å². The Morgan fingerprint density at radius 1 is 1.12 bits per heavy atom. The minimum Gasteiger partial charge on any atom is -0.378 e. The topological polar surface area (TPSA) is 41.6 Å². The van der Waals surface area contributed by atoms with Crippen molar-refractivity contribution < 1.29 is 22.7 Å². The van der Waals surface area contributed by atoms with Crippen molar-refractivity contribution in [2.75, 3.05) is 31.6 Å². The van der Waals surface area contributed by atoms with Crippen molar-refractivity contribution in [2.24, 2.45) is 0 Å². The summed E-state index contributed by atoms with van der Waals surface area (Å²) in [7, 11) is 0. The van der Waals surface area contributed by atoms with Crippen LogP contribution >= 0.6 is 0 Å². The Labute approximate surface area is 145 Å². The number of benzene rings is 1. The molecule has 0 bridgehead atoms. The summed E-state index contributed by atoms with van der Waals surface area (Å²) in [6.45, 7) is 1.95. The van der Waals surface area contributed by atoms with E-state index >= 15 is 0 Å². The summed E-state index contributed by atoms with van der Waals surface area (Å²) < 4.78 is 44.6. The van der Waals surface area contributed by atoms with Gasteiger partial charge in [-0.25, -0.2) is 4.79 Å². The maximum absolute atomic E-state index is 13.1. The lowest BCUT2D eigenvalue weighted by atomic mass is 9.82. The van der Waals surface area contributed by atoms with Crippen molar-refractivity contribution >= 4 is 11.7 Å². The zero-order chi connectivity index (χ0) is 17.9. The van der Waals surface area contributed by atoms with Gasteiger partial charge in [0.2, 0.25) is 0 Å². The van der Waals surface area contributed by atoms with Gasteiger partial charge in [0.25, 0.3) is 0 Å². The van der Waals surface area contributed by atoms with Gasteiger partial charge in [-0.1, -0.05) is 19.3 Å². The van der Waals surface area contributed by atoms with Gasteiger partial charge in [0.1, 0.15) is 0 Å². The number of carbonyl (C=O) groups excluding carboxylic acids is 1. The second-order valence-electron chi connectivity index (χ2n) is 6.66. The number of nitrogens with zero attached hydrogens (tertiary/aromatic N) is 1. The molecule has 0 unspecified atom stereocenters. The van der Waals surface area contributed by atoms with Crippen LogP contribution in [0.1, 0.15) is 49.1 Å². The number of hydrogen-bond donors (Lipinski definition) is 1. The van der Waals surface area contributed by atoms with E-state index in [2.05, 4.69) is 5.32 Å². The van der Waals surface area contributed by atoms with Gasteiger partial charge in [-0.05, 0) is 42.5 Å². The second-order valence-corrected chi connectivity index (χ2v) is 6.66. The number of rotatable bonds is 2. The fraction of sp³-hybridized carbons (Fsp3) is 0.611. The Hall–Kier alpha value is -1.76. The van der Waals surface area contributed by atoms with E-state index in [1.54, 1.807) is 4.90 Å². The predicted octanol–water partition coefficient (Wildman–Crippen LogP) is 4.62. The van der Waals surface area contributed by atoms with Crippen LogP contribution in [0.5, 0.6) is 0 Å². The molecule has 138 valence electrons. The molecule has 2 fully saturated rings. The van der Waals surface area contributed by atoms with Gasteiger partial charge in [0.15, 0.2) is 0 Å². The fourth-order valence-corrected chi connectivity index (χ4v) is 3.56. The van der Waals surface area contributed by atoms with E-state index in [0.717, 1.165) is 38.2 Å². The van der Waals surface area contributed by atoms with Crippen molar-refractivity contribution in [3.63, 3.8) is 0 Å². The lowest BCUT2D eigenvalue weighted by Crippen LogP contribution is -2.43. The highest BCUT2D eigenvalue weighted by atomic mass is 19.4. The number of ether oxygens (including phenoxy) is 1. The van der Waals surface area contributed by atoms with Gasteiger partial charge in [0, 0.05) is 18.8 Å². The third-order valence-electron chi connectivity index (χ3n) is 4.96. The van der Waals surface area contributed by atoms with Gasteiger partial charge < -0.3 is 15.0 Å². The minimum absolute atomic E-state index is 0.0658. The number of nitrogens with one attached hydrogen (secondary N) is 1. The number of amides is 2. The zero-order valence-corrected chi connectivity index (χ0v) is 14.1. The van der Waals surface area contributed by atoms with Gasteiger partial charge in [-0.3, -0.25) is 0 Å². The standard InChI is InChI=1S/C18H23F3N2O2/c19-18(20,21)14-6-7-16(15(12-14)13-4-2-1-3-5-13)22-17(24)23-8-10-25-11-9-23/h6-7,12-13H,1-5,8-11H2,(H,22,24). The molecule has 1 aliphatic carbocycles. The first-order valence-corrected chi connectivity index (χ1v) is 8.80. The second kappa shape index (κ2) is 7.64. The van der Waals surface area contributed by atoms with Crippen LogP contribution in [0.25, 0.3) is 0 Å². The van der Waals surface area contributed by atoms with E-state index in [9.17, 15) is 18.0 Å². The van der Waals surface area contributed by atoms with Crippen LogP contribution in [0.4, 0.5) is 23.7 Å². The molecule has 1 heterocycles. The number of anilines is 1. The molecule has 1 aliphatic heterocycles. The van der Waals surface area contributed by atoms with E-state index in [-0.39, 0.29) is 11.9 Å². The quantitative estimate of drug-likeness (QED) is 0.840. The first-order valence-electron chi connectivity index (χ1n) is 8.80. The first-order chi connectivity index (χ1) is 11.9. The monoisotopic (exact) mass is 356 g/mol. The van der Waals surface area contributed by atoms with Crippen LogP contribution in [0.3, 0.4) is 0 Å². The molecule has 1 N–H and O–H groups in total. The van der Waals surface area contributed by atoms with Crippen LogP contribution in [0, 0.1) is 0 Å². The summed E-state index contributed by atoms with van der Waals surface area (Å²) in [6.07, 6.45) is 0.486. The molecule has 4 nitrogen and oxygen atoms in total. The lowest BCUT2D eigenvalue weighted by Gasteiger charge is -2.29. The minimum atomic E-state index is -4.38. The molecule has 3 rings (SSSR count). The number of morpholine rings is 1. The van der Waals surface area contributed by atoms with Crippen molar-refractivity contribution in [1.29, 1.82) is 0 Å². The highest BCUT2D eigenvalue weighted by molar-refractivity contribution is 5.90. The number of urea groups is 1. The molecule has 1 aromatic rings. The van der Waals surface area contributed by atoms with Crippen molar-refractivity contribution in [2.45, 2.75) is 44.2 Å². The molecule has 0 aromatic heterocycles. The Kier molecular flexibility index (Phi) is 5.51. The average molecular weight is 356 g/mol. The molecule has 2 amide bonds. The fourth-order valence-electron chi connectivity index (χ4n) is 3.56. The molecule has 1 saturated carbocycles. The largest absolute Gasteiger partial charge is 0.416 e. The number of halogens is 3. The highest BCUT2D eigenvalue weighted by Crippen LogP contribution is 2.40. The highest BCUT2D eigenvalue weighted by Gasteiger charge is 2.32. The maximum atomic E-state index is 13.1. The molecule has 0 radical (unpaired) electrons. The predicted molar refractivity (Wildman–Crippen MR) is 88.7 cm³/mol. The third kappa shape index (κ3) is 4.45. The van der Waals surface area contributed by atoms with Gasteiger partial charge in [-0.2, -0.15) is 13.2 Å². The van der Waals surface area contributed by atoms with Gasteiger partial charge >= 0.3 is 12.2 Å². The Morgan fingerprint density at radius 2 is 1.80 bits per heavy atom. The smallest absolute Gasteiger partial charge is 0.378 e. The normalized spacial score (nSPS) is 19.7. The summed E-state index contributed by atoms with van der Waals surface area (Å²) in [5, 5.41) is 2.82. The van der Waals surface area contributed by atoms with Gasteiger partial charge in [-0.15, -0.1) is 0 Å². The Morgan fingerprint density at radius 3 is 2.44 bits per heavy atom. The molecule has 2 aliphatic rings. The van der Waals surface area contributed by atoms with E-state index in [4.69, 9.17) is 4.74 Å². The van der Waals surface area contributed by atoms with E-state index in [1.807, 2.05) is 0 Å². The molecule has 7 heteroatoms. The molecule has 25 heavy (non-hydrogen) atoms. The first kappa shape index (κ1) is 18.0. The Bertz CT molecular complexity index is 607. The lowest BCUT2D eigenvalue weighted by molar-refractivity contribution is -0.137. The van der Waals surface area contributed by atoms with Crippen LogP contribution in [0.2, 0.25) is 0 Å². The third-order valence-corrected chi connectivity index (χ3v) is 4.96. The number of alkyl halides is 3.